The van der Waals surface area contributed by atoms with Crippen molar-refractivity contribution in [2.45, 2.75) is 19.4 Å². The monoisotopic (exact) mass is 292 g/mol. The van der Waals surface area contributed by atoms with E-state index in [0.717, 1.165) is 0 Å². The number of nitrogens with one attached hydrogen (secondary N) is 1. The van der Waals surface area contributed by atoms with Crippen molar-refractivity contribution in [1.29, 1.82) is 0 Å². The van der Waals surface area contributed by atoms with Crippen LogP contribution in [0.3, 0.4) is 0 Å². The number of amides is 2. The SMILES string of the molecule is COc1ccc(C(=O)N2CCNC(=O)C2(C)C)c(OC)c1. The Kier molecular flexibility index (Phi) is 4.06. The highest BCUT2D eigenvalue weighted by molar-refractivity contribution is 6.01. The van der Waals surface area contributed by atoms with Gasteiger partial charge < -0.3 is 19.7 Å². The Morgan fingerprint density at radius 3 is 2.62 bits per heavy atom. The van der Waals surface area contributed by atoms with Crippen LogP contribution in [0.4, 0.5) is 0 Å². The molecule has 1 aromatic carbocycles. The molecule has 6 heteroatoms. The highest BCUT2D eigenvalue weighted by atomic mass is 16.5. The van der Waals surface area contributed by atoms with Crippen molar-refractivity contribution in [3.63, 3.8) is 0 Å². The van der Waals surface area contributed by atoms with E-state index in [2.05, 4.69) is 5.32 Å². The van der Waals surface area contributed by atoms with Crippen LogP contribution in [0.15, 0.2) is 18.2 Å². The lowest BCUT2D eigenvalue weighted by Crippen LogP contribution is -2.63. The standard InChI is InChI=1S/C15H20N2O4/c1-15(2)14(19)16-7-8-17(15)13(18)11-6-5-10(20-3)9-12(11)21-4/h5-6,9H,7-8H2,1-4H3,(H,16,19). The molecule has 1 aromatic rings. The second kappa shape index (κ2) is 5.63. The zero-order valence-electron chi connectivity index (χ0n) is 12.7. The van der Waals surface area contributed by atoms with Crippen molar-refractivity contribution in [2.24, 2.45) is 0 Å². The fraction of sp³-hybridized carbons (Fsp3) is 0.467. The average molecular weight is 292 g/mol. The van der Waals surface area contributed by atoms with Crippen LogP contribution in [0.2, 0.25) is 0 Å². The number of hydrogen-bond donors (Lipinski definition) is 1. The average Bonchev–Trinajstić information content (AvgIpc) is 2.48. The molecule has 2 amide bonds. The lowest BCUT2D eigenvalue weighted by atomic mass is 9.97. The highest BCUT2D eigenvalue weighted by Crippen LogP contribution is 2.28. The molecule has 0 spiro atoms. The van der Waals surface area contributed by atoms with Gasteiger partial charge in [-0.05, 0) is 26.0 Å². The molecular weight excluding hydrogens is 272 g/mol. The van der Waals surface area contributed by atoms with Crippen LogP contribution in [0.1, 0.15) is 24.2 Å². The summed E-state index contributed by atoms with van der Waals surface area (Å²) in [7, 11) is 3.05. The molecule has 1 aliphatic rings. The predicted molar refractivity (Wildman–Crippen MR) is 77.7 cm³/mol. The normalized spacial score (nSPS) is 17.1. The van der Waals surface area contributed by atoms with Gasteiger partial charge in [0, 0.05) is 19.2 Å². The van der Waals surface area contributed by atoms with Gasteiger partial charge in [-0.3, -0.25) is 9.59 Å². The van der Waals surface area contributed by atoms with E-state index < -0.39 is 5.54 Å². The third kappa shape index (κ3) is 2.66. The summed E-state index contributed by atoms with van der Waals surface area (Å²) in [5.41, 5.74) is -0.471. The number of nitrogens with zero attached hydrogens (tertiary/aromatic N) is 1. The van der Waals surface area contributed by atoms with Crippen LogP contribution in [-0.4, -0.2) is 49.6 Å². The third-order valence-corrected chi connectivity index (χ3v) is 3.74. The van der Waals surface area contributed by atoms with E-state index >= 15 is 0 Å². The van der Waals surface area contributed by atoms with Crippen LogP contribution in [0.5, 0.6) is 11.5 Å². The first-order valence-corrected chi connectivity index (χ1v) is 6.74. The number of methoxy groups -OCH3 is 2. The largest absolute Gasteiger partial charge is 0.497 e. The van der Waals surface area contributed by atoms with E-state index in [1.165, 1.54) is 7.11 Å². The first kappa shape index (κ1) is 15.2. The number of ether oxygens (including phenoxy) is 2. The quantitative estimate of drug-likeness (QED) is 0.904. The van der Waals surface area contributed by atoms with Crippen LogP contribution in [-0.2, 0) is 4.79 Å². The van der Waals surface area contributed by atoms with Gasteiger partial charge in [-0.15, -0.1) is 0 Å². The molecule has 1 saturated heterocycles. The second-order valence-electron chi connectivity index (χ2n) is 5.34. The number of benzene rings is 1. The lowest BCUT2D eigenvalue weighted by molar-refractivity contribution is -0.133. The summed E-state index contributed by atoms with van der Waals surface area (Å²) in [6.45, 7) is 4.38. The van der Waals surface area contributed by atoms with Crippen molar-refractivity contribution in [1.82, 2.24) is 10.2 Å². The Balaban J connectivity index is 2.37. The molecule has 1 fully saturated rings. The van der Waals surface area contributed by atoms with E-state index in [1.54, 1.807) is 44.1 Å². The minimum absolute atomic E-state index is 0.158. The number of carbonyl (C=O) groups is 2. The molecule has 0 saturated carbocycles. The summed E-state index contributed by atoms with van der Waals surface area (Å²) in [5.74, 6) is 0.657. The Hall–Kier alpha value is -2.24. The summed E-state index contributed by atoms with van der Waals surface area (Å²) in [6.07, 6.45) is 0. The molecule has 1 aliphatic heterocycles. The molecule has 6 nitrogen and oxygen atoms in total. The van der Waals surface area contributed by atoms with Gasteiger partial charge in [-0.2, -0.15) is 0 Å². The fourth-order valence-corrected chi connectivity index (χ4v) is 2.38. The fourth-order valence-electron chi connectivity index (χ4n) is 2.38. The van der Waals surface area contributed by atoms with Gasteiger partial charge in [-0.1, -0.05) is 0 Å². The predicted octanol–water partition coefficient (Wildman–Crippen LogP) is 1.05. The van der Waals surface area contributed by atoms with Crippen molar-refractivity contribution in [2.75, 3.05) is 27.3 Å². The molecule has 0 unspecified atom stereocenters. The van der Waals surface area contributed by atoms with E-state index in [1.807, 2.05) is 0 Å². The third-order valence-electron chi connectivity index (χ3n) is 3.74. The van der Waals surface area contributed by atoms with E-state index in [9.17, 15) is 9.59 Å². The minimum Gasteiger partial charge on any atom is -0.497 e. The highest BCUT2D eigenvalue weighted by Gasteiger charge is 2.41. The molecule has 21 heavy (non-hydrogen) atoms. The van der Waals surface area contributed by atoms with Gasteiger partial charge in [0.1, 0.15) is 17.0 Å². The number of carbonyl (C=O) groups excluding carboxylic acids is 2. The number of hydrogen-bond acceptors (Lipinski definition) is 4. The van der Waals surface area contributed by atoms with Gasteiger partial charge in [0.2, 0.25) is 5.91 Å². The van der Waals surface area contributed by atoms with Crippen molar-refractivity contribution < 1.29 is 19.1 Å². The summed E-state index contributed by atoms with van der Waals surface area (Å²) in [6, 6.07) is 5.01. The second-order valence-corrected chi connectivity index (χ2v) is 5.34. The molecule has 1 N–H and O–H groups in total. The molecule has 1 heterocycles. The molecule has 114 valence electrons. The molecule has 0 bridgehead atoms. The van der Waals surface area contributed by atoms with Gasteiger partial charge in [0.15, 0.2) is 0 Å². The summed E-state index contributed by atoms with van der Waals surface area (Å²) >= 11 is 0. The lowest BCUT2D eigenvalue weighted by Gasteiger charge is -2.41. The Labute approximate surface area is 124 Å². The maximum absolute atomic E-state index is 12.8. The topological polar surface area (TPSA) is 67.9 Å². The summed E-state index contributed by atoms with van der Waals surface area (Å²) in [5, 5.41) is 2.77. The molecule has 0 aromatic heterocycles. The van der Waals surface area contributed by atoms with E-state index in [-0.39, 0.29) is 11.8 Å². The van der Waals surface area contributed by atoms with Gasteiger partial charge in [0.25, 0.3) is 5.91 Å². The van der Waals surface area contributed by atoms with Crippen LogP contribution >= 0.6 is 0 Å². The Morgan fingerprint density at radius 1 is 1.29 bits per heavy atom. The van der Waals surface area contributed by atoms with Crippen molar-refractivity contribution >= 4 is 11.8 Å². The van der Waals surface area contributed by atoms with Crippen LogP contribution in [0.25, 0.3) is 0 Å². The molecule has 0 radical (unpaired) electrons. The number of rotatable bonds is 3. The van der Waals surface area contributed by atoms with Gasteiger partial charge in [-0.25, -0.2) is 0 Å². The zero-order valence-corrected chi connectivity index (χ0v) is 12.7. The molecule has 0 atom stereocenters. The van der Waals surface area contributed by atoms with Crippen LogP contribution in [0, 0.1) is 0 Å². The minimum atomic E-state index is -0.889. The van der Waals surface area contributed by atoms with Gasteiger partial charge in [0.05, 0.1) is 19.8 Å². The number of piperazine rings is 1. The summed E-state index contributed by atoms with van der Waals surface area (Å²) < 4.78 is 10.4. The van der Waals surface area contributed by atoms with Crippen molar-refractivity contribution in [3.8, 4) is 11.5 Å². The smallest absolute Gasteiger partial charge is 0.258 e. The first-order chi connectivity index (χ1) is 9.91. The Bertz CT molecular complexity index is 569. The Morgan fingerprint density at radius 2 is 2.00 bits per heavy atom. The first-order valence-electron chi connectivity index (χ1n) is 6.74. The molecule has 2 rings (SSSR count). The van der Waals surface area contributed by atoms with Gasteiger partial charge >= 0.3 is 0 Å². The molecule has 0 aliphatic carbocycles. The van der Waals surface area contributed by atoms with Crippen LogP contribution < -0.4 is 14.8 Å². The maximum Gasteiger partial charge on any atom is 0.258 e. The summed E-state index contributed by atoms with van der Waals surface area (Å²) in [4.78, 5) is 26.3. The van der Waals surface area contributed by atoms with E-state index in [0.29, 0.717) is 30.2 Å². The van der Waals surface area contributed by atoms with E-state index in [4.69, 9.17) is 9.47 Å². The maximum atomic E-state index is 12.8. The van der Waals surface area contributed by atoms with Crippen molar-refractivity contribution in [3.05, 3.63) is 23.8 Å². The molecular formula is C15H20N2O4. The zero-order chi connectivity index (χ0) is 15.6.